The monoisotopic (exact) mass is 473 g/mol. The molecule has 7 heteroatoms. The molecule has 1 aliphatic carbocycles. The van der Waals surface area contributed by atoms with E-state index in [-0.39, 0.29) is 17.3 Å². The van der Waals surface area contributed by atoms with Gasteiger partial charge < -0.3 is 4.57 Å². The Morgan fingerprint density at radius 3 is 2.59 bits per heavy atom. The number of thioether (sulfide) groups is 1. The normalized spacial score (nSPS) is 20.1. The Kier molecular flexibility index (Phi) is 6.30. The molecule has 1 fully saturated rings. The smallest absolute Gasteiger partial charge is 0.283 e. The van der Waals surface area contributed by atoms with Gasteiger partial charge in [0.2, 0.25) is 5.17 Å². The van der Waals surface area contributed by atoms with Crippen LogP contribution in [0, 0.1) is 32.1 Å². The number of carbonyl (C=O) groups is 1. The number of rotatable bonds is 5. The first kappa shape index (κ1) is 22.8. The Morgan fingerprint density at radius 1 is 1.12 bits per heavy atom. The summed E-state index contributed by atoms with van der Waals surface area (Å²) < 4.78 is 2.17. The maximum absolute atomic E-state index is 12.9. The van der Waals surface area contributed by atoms with Crippen LogP contribution in [0.4, 0.5) is 0 Å². The summed E-state index contributed by atoms with van der Waals surface area (Å²) in [6, 6.07) is 10.4. The standard InChI is InChI=1S/C27H31N5OS/c1-17-9-12-22(13-10-17)31-18(2)15-21(19(31)3)16-23-25(28)32-27(29-26(23)33)34-24(30-32)14-11-20-7-5-4-6-8-20/h9-10,12-13,15-16,20,28H,4-8,11,14H2,1-3H3/b23-16-,28-25?. The molecule has 1 aromatic carbocycles. The third-order valence-corrected chi connectivity index (χ3v) is 8.02. The van der Waals surface area contributed by atoms with Gasteiger partial charge in [0.25, 0.3) is 5.91 Å². The van der Waals surface area contributed by atoms with Gasteiger partial charge in [-0.3, -0.25) is 10.2 Å². The van der Waals surface area contributed by atoms with E-state index in [2.05, 4.69) is 58.8 Å². The maximum Gasteiger partial charge on any atom is 0.283 e. The van der Waals surface area contributed by atoms with E-state index in [0.29, 0.717) is 5.17 Å². The summed E-state index contributed by atoms with van der Waals surface area (Å²) in [5.74, 6) is 0.514. The van der Waals surface area contributed by atoms with Crippen molar-refractivity contribution >= 4 is 39.8 Å². The van der Waals surface area contributed by atoms with Crippen LogP contribution in [0.3, 0.4) is 0 Å². The predicted molar refractivity (Wildman–Crippen MR) is 141 cm³/mol. The molecular weight excluding hydrogens is 442 g/mol. The number of carbonyl (C=O) groups excluding carboxylic acids is 1. The number of hydrogen-bond donors (Lipinski definition) is 1. The Labute approximate surface area is 205 Å². The van der Waals surface area contributed by atoms with Crippen LogP contribution in [0.1, 0.15) is 67.5 Å². The minimum atomic E-state index is -0.368. The van der Waals surface area contributed by atoms with E-state index in [9.17, 15) is 4.79 Å². The number of hydrogen-bond acceptors (Lipinski definition) is 4. The summed E-state index contributed by atoms with van der Waals surface area (Å²) in [4.78, 5) is 17.2. The zero-order valence-corrected chi connectivity index (χ0v) is 20.9. The average Bonchev–Trinajstić information content (AvgIpc) is 3.36. The highest BCUT2D eigenvalue weighted by atomic mass is 32.2. The molecule has 0 spiro atoms. The highest BCUT2D eigenvalue weighted by Crippen LogP contribution is 2.33. The Hall–Kier alpha value is -2.93. The average molecular weight is 474 g/mol. The molecule has 1 N–H and O–H groups in total. The number of fused-ring (bicyclic) bond motifs is 1. The number of amides is 1. The van der Waals surface area contributed by atoms with E-state index in [1.807, 2.05) is 6.92 Å². The van der Waals surface area contributed by atoms with E-state index in [1.165, 1.54) is 54.4 Å². The summed E-state index contributed by atoms with van der Waals surface area (Å²) in [7, 11) is 0. The number of benzene rings is 1. The summed E-state index contributed by atoms with van der Waals surface area (Å²) in [6.45, 7) is 6.17. The number of amidine groups is 2. The van der Waals surface area contributed by atoms with Gasteiger partial charge in [0.05, 0.1) is 5.57 Å². The molecule has 176 valence electrons. The highest BCUT2D eigenvalue weighted by molar-refractivity contribution is 8.26. The van der Waals surface area contributed by atoms with Crippen LogP contribution in [0.15, 0.2) is 46.0 Å². The second-order valence-corrected chi connectivity index (χ2v) is 10.6. The van der Waals surface area contributed by atoms with Crippen molar-refractivity contribution in [1.29, 1.82) is 5.41 Å². The highest BCUT2D eigenvalue weighted by Gasteiger charge is 2.35. The Bertz CT molecular complexity index is 1230. The van der Waals surface area contributed by atoms with Gasteiger partial charge in [0.15, 0.2) is 5.84 Å². The van der Waals surface area contributed by atoms with Crippen molar-refractivity contribution in [3.63, 3.8) is 0 Å². The van der Waals surface area contributed by atoms with Crippen LogP contribution in [0.5, 0.6) is 0 Å². The number of nitrogens with one attached hydrogen (secondary N) is 1. The summed E-state index contributed by atoms with van der Waals surface area (Å²) in [5.41, 5.74) is 5.59. The largest absolute Gasteiger partial charge is 0.318 e. The first-order valence-corrected chi connectivity index (χ1v) is 13.0. The molecule has 0 atom stereocenters. The number of hydrazone groups is 1. The van der Waals surface area contributed by atoms with Crippen molar-refractivity contribution < 1.29 is 4.79 Å². The lowest BCUT2D eigenvalue weighted by molar-refractivity contribution is -0.114. The predicted octanol–water partition coefficient (Wildman–Crippen LogP) is 6.38. The first-order valence-electron chi connectivity index (χ1n) is 12.2. The molecule has 1 saturated carbocycles. The molecule has 6 nitrogen and oxygen atoms in total. The summed E-state index contributed by atoms with van der Waals surface area (Å²) >= 11 is 1.44. The zero-order chi connectivity index (χ0) is 23.8. The van der Waals surface area contributed by atoms with Crippen molar-refractivity contribution in [2.45, 2.75) is 65.7 Å². The number of aryl methyl sites for hydroxylation is 2. The quantitative estimate of drug-likeness (QED) is 0.512. The summed E-state index contributed by atoms with van der Waals surface area (Å²) in [5, 5.41) is 16.4. The minimum absolute atomic E-state index is 0.107. The molecule has 0 radical (unpaired) electrons. The van der Waals surface area contributed by atoms with Gasteiger partial charge in [-0.1, -0.05) is 49.8 Å². The number of nitrogens with zero attached hydrogens (tertiary/aromatic N) is 4. The molecule has 1 amide bonds. The third kappa shape index (κ3) is 4.41. The molecule has 1 aromatic heterocycles. The van der Waals surface area contributed by atoms with Gasteiger partial charge in [-0.15, -0.1) is 0 Å². The van der Waals surface area contributed by atoms with Gasteiger partial charge in [0.1, 0.15) is 5.04 Å². The third-order valence-electron chi connectivity index (χ3n) is 7.05. The van der Waals surface area contributed by atoms with Gasteiger partial charge in [-0.05, 0) is 81.1 Å². The van der Waals surface area contributed by atoms with Gasteiger partial charge in [-0.25, -0.2) is 0 Å². The van der Waals surface area contributed by atoms with Crippen molar-refractivity contribution in [2.75, 3.05) is 0 Å². The molecule has 2 aliphatic heterocycles. The lowest BCUT2D eigenvalue weighted by atomic mass is 9.86. The van der Waals surface area contributed by atoms with Crippen LogP contribution < -0.4 is 0 Å². The van der Waals surface area contributed by atoms with Gasteiger partial charge in [-0.2, -0.15) is 15.1 Å². The molecule has 3 aliphatic rings. The van der Waals surface area contributed by atoms with Crippen LogP contribution in [0.25, 0.3) is 11.8 Å². The number of aliphatic imine (C=N–C) groups is 1. The molecule has 34 heavy (non-hydrogen) atoms. The maximum atomic E-state index is 12.9. The minimum Gasteiger partial charge on any atom is -0.318 e. The zero-order valence-electron chi connectivity index (χ0n) is 20.1. The van der Waals surface area contributed by atoms with E-state index < -0.39 is 0 Å². The lowest BCUT2D eigenvalue weighted by Crippen LogP contribution is -2.35. The second kappa shape index (κ2) is 9.37. The Morgan fingerprint density at radius 2 is 1.85 bits per heavy atom. The van der Waals surface area contributed by atoms with Crippen LogP contribution in [-0.2, 0) is 4.79 Å². The van der Waals surface area contributed by atoms with Crippen molar-refractivity contribution in [3.05, 3.63) is 58.4 Å². The SMILES string of the molecule is Cc1ccc(-n2c(C)cc(/C=C3/C(=N)N4N=C(CCC5CCCCC5)SC4=NC3=O)c2C)cc1. The van der Waals surface area contributed by atoms with Crippen molar-refractivity contribution in [2.24, 2.45) is 16.0 Å². The molecule has 0 unspecified atom stereocenters. The van der Waals surface area contributed by atoms with Crippen LogP contribution >= 0.6 is 11.8 Å². The topological polar surface area (TPSA) is 73.8 Å². The summed E-state index contributed by atoms with van der Waals surface area (Å²) in [6.07, 6.45) is 10.5. The van der Waals surface area contributed by atoms with Gasteiger partial charge in [0, 0.05) is 17.1 Å². The van der Waals surface area contributed by atoms with E-state index in [0.717, 1.165) is 46.4 Å². The van der Waals surface area contributed by atoms with Crippen molar-refractivity contribution in [1.82, 2.24) is 9.58 Å². The lowest BCUT2D eigenvalue weighted by Gasteiger charge is -2.20. The molecule has 2 aromatic rings. The van der Waals surface area contributed by atoms with Crippen LogP contribution in [-0.4, -0.2) is 31.5 Å². The molecule has 0 saturated heterocycles. The second-order valence-electron chi connectivity index (χ2n) is 9.55. The molecule has 5 rings (SSSR count). The van der Waals surface area contributed by atoms with Crippen LogP contribution in [0.2, 0.25) is 0 Å². The fourth-order valence-corrected chi connectivity index (χ4v) is 6.02. The van der Waals surface area contributed by atoms with E-state index >= 15 is 0 Å². The molecule has 3 heterocycles. The Balaban J connectivity index is 1.37. The van der Waals surface area contributed by atoms with E-state index in [1.54, 1.807) is 6.08 Å². The molecular formula is C27H31N5OS. The molecule has 0 bridgehead atoms. The van der Waals surface area contributed by atoms with Gasteiger partial charge >= 0.3 is 0 Å². The van der Waals surface area contributed by atoms with Crippen molar-refractivity contribution in [3.8, 4) is 5.69 Å². The number of aromatic nitrogens is 1. The first-order chi connectivity index (χ1) is 16.4. The fraction of sp³-hybridized carbons (Fsp3) is 0.407. The fourth-order valence-electron chi connectivity index (χ4n) is 5.12. The van der Waals surface area contributed by atoms with E-state index in [4.69, 9.17) is 5.41 Å².